The van der Waals surface area contributed by atoms with Gasteiger partial charge < -0.3 is 0 Å². The molecule has 28 heavy (non-hydrogen) atoms. The summed E-state index contributed by atoms with van der Waals surface area (Å²) in [5, 5.41) is 10.8. The van der Waals surface area contributed by atoms with Crippen molar-refractivity contribution in [1.82, 2.24) is 24.6 Å². The Labute approximate surface area is 166 Å². The summed E-state index contributed by atoms with van der Waals surface area (Å²) in [6.45, 7) is 0. The fraction of sp³-hybridized carbons (Fsp3) is 0.0909. The third-order valence-electron chi connectivity index (χ3n) is 4.58. The standard InChI is InChI=1S/C22H17N5S/c1-2-7-16(8-3-1)13-20-24-19-11-5-4-10-18(19)21-25-26-22(27(20)21)28-15-17-9-6-12-23-14-17/h1-12,14H,13,15H2. The van der Waals surface area contributed by atoms with Gasteiger partial charge in [-0.1, -0.05) is 60.3 Å². The van der Waals surface area contributed by atoms with Gasteiger partial charge in [0.2, 0.25) is 0 Å². The van der Waals surface area contributed by atoms with Gasteiger partial charge in [0.25, 0.3) is 0 Å². The highest BCUT2D eigenvalue weighted by atomic mass is 32.2. The van der Waals surface area contributed by atoms with Crippen molar-refractivity contribution in [2.75, 3.05) is 0 Å². The largest absolute Gasteiger partial charge is 0.264 e. The topological polar surface area (TPSA) is 56.0 Å². The number of nitrogens with zero attached hydrogens (tertiary/aromatic N) is 5. The van der Waals surface area contributed by atoms with Crippen LogP contribution in [0.3, 0.4) is 0 Å². The second-order valence-electron chi connectivity index (χ2n) is 6.50. The predicted octanol–water partition coefficient (Wildman–Crippen LogP) is 4.56. The number of hydrogen-bond acceptors (Lipinski definition) is 5. The van der Waals surface area contributed by atoms with Crippen molar-refractivity contribution in [1.29, 1.82) is 0 Å². The van der Waals surface area contributed by atoms with Crippen LogP contribution in [0.2, 0.25) is 0 Å². The number of hydrogen-bond donors (Lipinski definition) is 0. The number of thioether (sulfide) groups is 1. The molecule has 0 radical (unpaired) electrons. The van der Waals surface area contributed by atoms with Crippen LogP contribution >= 0.6 is 11.8 Å². The number of aromatic nitrogens is 5. The zero-order valence-electron chi connectivity index (χ0n) is 15.1. The van der Waals surface area contributed by atoms with Crippen LogP contribution in [0.1, 0.15) is 17.0 Å². The maximum absolute atomic E-state index is 4.94. The minimum atomic E-state index is 0.723. The average Bonchev–Trinajstić information content (AvgIpc) is 3.19. The van der Waals surface area contributed by atoms with Crippen molar-refractivity contribution in [2.24, 2.45) is 0 Å². The van der Waals surface area contributed by atoms with Crippen LogP contribution in [-0.4, -0.2) is 24.6 Å². The van der Waals surface area contributed by atoms with E-state index in [9.17, 15) is 0 Å². The van der Waals surface area contributed by atoms with Crippen molar-refractivity contribution < 1.29 is 0 Å². The van der Waals surface area contributed by atoms with Gasteiger partial charge in [0.05, 0.1) is 5.52 Å². The van der Waals surface area contributed by atoms with Gasteiger partial charge in [-0.25, -0.2) is 4.98 Å². The molecule has 0 saturated heterocycles. The fourth-order valence-corrected chi connectivity index (χ4v) is 4.13. The Balaban J connectivity index is 1.61. The Morgan fingerprint density at radius 1 is 0.821 bits per heavy atom. The van der Waals surface area contributed by atoms with E-state index in [1.165, 1.54) is 5.56 Å². The normalized spacial score (nSPS) is 11.3. The Morgan fingerprint density at radius 3 is 2.50 bits per heavy atom. The lowest BCUT2D eigenvalue weighted by atomic mass is 10.1. The molecule has 6 heteroatoms. The highest BCUT2D eigenvalue weighted by Gasteiger charge is 2.15. The summed E-state index contributed by atoms with van der Waals surface area (Å²) in [6, 6.07) is 22.5. The summed E-state index contributed by atoms with van der Waals surface area (Å²) in [5.41, 5.74) is 4.16. The fourth-order valence-electron chi connectivity index (χ4n) is 3.25. The van der Waals surface area contributed by atoms with E-state index in [1.54, 1.807) is 18.0 Å². The van der Waals surface area contributed by atoms with Gasteiger partial charge in [-0.2, -0.15) is 0 Å². The molecule has 0 aliphatic carbocycles. The highest BCUT2D eigenvalue weighted by molar-refractivity contribution is 7.98. The summed E-state index contributed by atoms with van der Waals surface area (Å²) in [4.78, 5) is 9.14. The van der Waals surface area contributed by atoms with Crippen molar-refractivity contribution >= 4 is 28.3 Å². The van der Waals surface area contributed by atoms with E-state index >= 15 is 0 Å². The minimum Gasteiger partial charge on any atom is -0.264 e. The molecule has 0 aliphatic heterocycles. The van der Waals surface area contributed by atoms with E-state index in [4.69, 9.17) is 4.98 Å². The smallest absolute Gasteiger partial charge is 0.197 e. The molecule has 0 spiro atoms. The molecule has 5 rings (SSSR count). The molecule has 0 amide bonds. The van der Waals surface area contributed by atoms with E-state index in [0.717, 1.165) is 45.3 Å². The van der Waals surface area contributed by atoms with Gasteiger partial charge in [-0.3, -0.25) is 9.38 Å². The SMILES string of the molecule is c1ccc(Cc2nc3ccccc3c3nnc(SCc4cccnc4)n23)cc1. The first-order valence-electron chi connectivity index (χ1n) is 9.07. The summed E-state index contributed by atoms with van der Waals surface area (Å²) < 4.78 is 2.09. The Hall–Kier alpha value is -3.25. The molecule has 0 fully saturated rings. The maximum atomic E-state index is 4.94. The van der Waals surface area contributed by atoms with Crippen LogP contribution in [-0.2, 0) is 12.2 Å². The Kier molecular flexibility index (Phi) is 4.47. The van der Waals surface area contributed by atoms with Gasteiger partial charge in [-0.15, -0.1) is 10.2 Å². The van der Waals surface area contributed by atoms with E-state index in [-0.39, 0.29) is 0 Å². The van der Waals surface area contributed by atoms with E-state index in [2.05, 4.69) is 49.9 Å². The lowest BCUT2D eigenvalue weighted by Crippen LogP contribution is -2.04. The van der Waals surface area contributed by atoms with E-state index in [1.807, 2.05) is 42.6 Å². The molecule has 5 nitrogen and oxygen atoms in total. The molecular formula is C22H17N5S. The van der Waals surface area contributed by atoms with Crippen molar-refractivity contribution in [2.45, 2.75) is 17.3 Å². The quantitative estimate of drug-likeness (QED) is 0.417. The van der Waals surface area contributed by atoms with Crippen molar-refractivity contribution in [3.8, 4) is 0 Å². The zero-order chi connectivity index (χ0) is 18.8. The Bertz CT molecular complexity index is 1240. The van der Waals surface area contributed by atoms with Crippen LogP contribution in [0.25, 0.3) is 16.6 Å². The number of pyridine rings is 1. The molecule has 0 bridgehead atoms. The van der Waals surface area contributed by atoms with Gasteiger partial charge in [0.15, 0.2) is 10.8 Å². The number of fused-ring (bicyclic) bond motifs is 3. The van der Waals surface area contributed by atoms with Gasteiger partial charge in [0.1, 0.15) is 5.82 Å². The molecule has 3 heterocycles. The van der Waals surface area contributed by atoms with Crippen LogP contribution in [0, 0.1) is 0 Å². The van der Waals surface area contributed by atoms with E-state index in [0.29, 0.717) is 0 Å². The van der Waals surface area contributed by atoms with Crippen LogP contribution in [0.4, 0.5) is 0 Å². The molecule has 0 aliphatic rings. The molecule has 0 unspecified atom stereocenters. The molecule has 0 N–H and O–H groups in total. The minimum absolute atomic E-state index is 0.723. The highest BCUT2D eigenvalue weighted by Crippen LogP contribution is 2.27. The molecule has 5 aromatic rings. The number of para-hydroxylation sites is 1. The number of benzene rings is 2. The van der Waals surface area contributed by atoms with E-state index < -0.39 is 0 Å². The van der Waals surface area contributed by atoms with Gasteiger partial charge in [0, 0.05) is 30.0 Å². The molecule has 2 aromatic carbocycles. The molecule has 0 saturated carbocycles. The van der Waals surface area contributed by atoms with Crippen LogP contribution < -0.4 is 0 Å². The molecule has 3 aromatic heterocycles. The predicted molar refractivity (Wildman–Crippen MR) is 111 cm³/mol. The van der Waals surface area contributed by atoms with Crippen LogP contribution in [0.5, 0.6) is 0 Å². The Morgan fingerprint density at radius 2 is 1.64 bits per heavy atom. The third-order valence-corrected chi connectivity index (χ3v) is 5.58. The summed E-state index contributed by atoms with van der Waals surface area (Å²) in [5.74, 6) is 1.73. The lowest BCUT2D eigenvalue weighted by molar-refractivity contribution is 0.840. The lowest BCUT2D eigenvalue weighted by Gasteiger charge is -2.09. The summed E-state index contributed by atoms with van der Waals surface area (Å²) in [6.07, 6.45) is 4.39. The van der Waals surface area contributed by atoms with Gasteiger partial charge in [-0.05, 0) is 29.3 Å². The average molecular weight is 383 g/mol. The first kappa shape index (κ1) is 16.9. The maximum Gasteiger partial charge on any atom is 0.197 e. The number of rotatable bonds is 5. The first-order valence-corrected chi connectivity index (χ1v) is 10.1. The molecular weight excluding hydrogens is 366 g/mol. The van der Waals surface area contributed by atoms with Gasteiger partial charge >= 0.3 is 0 Å². The monoisotopic (exact) mass is 383 g/mol. The van der Waals surface area contributed by atoms with Crippen molar-refractivity contribution in [3.05, 3.63) is 96.1 Å². The second-order valence-corrected chi connectivity index (χ2v) is 7.44. The zero-order valence-corrected chi connectivity index (χ0v) is 15.9. The van der Waals surface area contributed by atoms with Crippen LogP contribution in [0.15, 0.2) is 84.3 Å². The van der Waals surface area contributed by atoms with Crippen molar-refractivity contribution in [3.63, 3.8) is 0 Å². The molecule has 0 atom stereocenters. The third kappa shape index (κ3) is 3.23. The second kappa shape index (κ2) is 7.40. The first-order chi connectivity index (χ1) is 13.9. The summed E-state index contributed by atoms with van der Waals surface area (Å²) >= 11 is 1.65. The molecule has 136 valence electrons. The summed E-state index contributed by atoms with van der Waals surface area (Å²) in [7, 11) is 0.